The number of nitrogens with one attached hydrogen (secondary N) is 1. The molecule has 0 aliphatic carbocycles. The van der Waals surface area contributed by atoms with Crippen LogP contribution in [-0.4, -0.2) is 6.54 Å². The Morgan fingerprint density at radius 3 is 1.95 bits per heavy atom. The second-order valence-electron chi connectivity index (χ2n) is 4.79. The predicted octanol–water partition coefficient (Wildman–Crippen LogP) is 7.14. The van der Waals surface area contributed by atoms with Crippen molar-refractivity contribution in [3.05, 3.63) is 25.6 Å². The number of hydrogen-bond acceptors (Lipinski definition) is 1. The van der Waals surface area contributed by atoms with Crippen LogP contribution in [0.5, 0.6) is 0 Å². The molecule has 0 heterocycles. The first kappa shape index (κ1) is 17.5. The molecule has 1 nitrogen and oxygen atoms in total. The molecule has 0 spiro atoms. The van der Waals surface area contributed by atoms with Crippen LogP contribution < -0.4 is 5.32 Å². The maximum atomic E-state index is 3.59. The van der Waals surface area contributed by atoms with Gasteiger partial charge in [0.05, 0.1) is 5.69 Å². The third-order valence-corrected chi connectivity index (χ3v) is 4.80. The van der Waals surface area contributed by atoms with Crippen LogP contribution in [0.3, 0.4) is 0 Å². The molecule has 0 saturated carbocycles. The van der Waals surface area contributed by atoms with Crippen LogP contribution in [0.2, 0.25) is 0 Å². The average Bonchev–Trinajstić information content (AvgIpc) is 2.35. The Morgan fingerprint density at radius 2 is 1.37 bits per heavy atom. The Kier molecular flexibility index (Phi) is 9.42. The molecular weight excluding hydrogens is 434 g/mol. The maximum Gasteiger partial charge on any atom is 0.0629 e. The first-order valence-electron chi connectivity index (χ1n) is 7.03. The van der Waals surface area contributed by atoms with Crippen molar-refractivity contribution < 1.29 is 0 Å². The first-order valence-corrected chi connectivity index (χ1v) is 9.41. The summed E-state index contributed by atoms with van der Waals surface area (Å²) in [5.74, 6) is 0. The predicted molar refractivity (Wildman–Crippen MR) is 96.0 cm³/mol. The monoisotopic (exact) mass is 453 g/mol. The van der Waals surface area contributed by atoms with Gasteiger partial charge in [-0.2, -0.15) is 0 Å². The van der Waals surface area contributed by atoms with Crippen LogP contribution in [0, 0.1) is 0 Å². The van der Waals surface area contributed by atoms with Crippen LogP contribution in [0.25, 0.3) is 0 Å². The summed E-state index contributed by atoms with van der Waals surface area (Å²) in [6, 6.07) is 4.13. The number of halogens is 3. The summed E-state index contributed by atoms with van der Waals surface area (Å²) in [7, 11) is 0. The average molecular weight is 456 g/mol. The third kappa shape index (κ3) is 7.14. The smallest absolute Gasteiger partial charge is 0.0629 e. The Hall–Kier alpha value is 0.460. The highest BCUT2D eigenvalue weighted by Crippen LogP contribution is 2.34. The number of unbranched alkanes of at least 4 members (excludes halogenated alkanes) is 6. The lowest BCUT2D eigenvalue weighted by Gasteiger charge is -2.11. The van der Waals surface area contributed by atoms with Crippen LogP contribution in [0.15, 0.2) is 25.6 Å². The molecule has 1 rings (SSSR count). The molecule has 19 heavy (non-hydrogen) atoms. The maximum absolute atomic E-state index is 3.59. The fourth-order valence-corrected chi connectivity index (χ4v) is 4.55. The van der Waals surface area contributed by atoms with E-state index in [2.05, 4.69) is 72.2 Å². The largest absolute Gasteiger partial charge is 0.383 e. The second kappa shape index (κ2) is 10.2. The van der Waals surface area contributed by atoms with Crippen molar-refractivity contribution in [2.75, 3.05) is 11.9 Å². The van der Waals surface area contributed by atoms with Gasteiger partial charge in [0.15, 0.2) is 0 Å². The summed E-state index contributed by atoms with van der Waals surface area (Å²) >= 11 is 10.7. The van der Waals surface area contributed by atoms with Gasteiger partial charge in [0.25, 0.3) is 0 Å². The summed E-state index contributed by atoms with van der Waals surface area (Å²) in [6.45, 7) is 3.30. The number of rotatable bonds is 9. The summed E-state index contributed by atoms with van der Waals surface area (Å²) in [5.41, 5.74) is 1.15. The minimum absolute atomic E-state index is 1.03. The van der Waals surface area contributed by atoms with E-state index in [1.165, 1.54) is 44.9 Å². The molecular formula is C15H22Br3N. The van der Waals surface area contributed by atoms with Crippen molar-refractivity contribution in [3.63, 3.8) is 0 Å². The van der Waals surface area contributed by atoms with Gasteiger partial charge in [-0.15, -0.1) is 0 Å². The molecule has 1 N–H and O–H groups in total. The van der Waals surface area contributed by atoms with E-state index in [4.69, 9.17) is 0 Å². The number of benzene rings is 1. The first-order chi connectivity index (χ1) is 9.15. The van der Waals surface area contributed by atoms with Gasteiger partial charge in [0, 0.05) is 20.0 Å². The molecule has 0 fully saturated rings. The lowest BCUT2D eigenvalue weighted by atomic mass is 10.1. The third-order valence-electron chi connectivity index (χ3n) is 3.09. The van der Waals surface area contributed by atoms with Crippen molar-refractivity contribution in [1.82, 2.24) is 0 Å². The molecule has 0 aliphatic rings. The van der Waals surface area contributed by atoms with Gasteiger partial charge in [-0.05, 0) is 50.4 Å². The Labute approximate surface area is 142 Å². The number of hydrogen-bond donors (Lipinski definition) is 1. The van der Waals surface area contributed by atoms with Crippen LogP contribution >= 0.6 is 47.8 Å². The highest BCUT2D eigenvalue weighted by molar-refractivity contribution is 9.11. The molecule has 0 atom stereocenters. The fourth-order valence-electron chi connectivity index (χ4n) is 2.01. The molecule has 1 aromatic carbocycles. The quantitative estimate of drug-likeness (QED) is 0.390. The van der Waals surface area contributed by atoms with Crippen molar-refractivity contribution in [2.45, 2.75) is 51.9 Å². The standard InChI is InChI=1S/C15H22Br3N/c1-2-3-4-5-6-7-8-9-19-15-13(17)10-12(16)11-14(15)18/h10-11,19H,2-9H2,1H3. The van der Waals surface area contributed by atoms with Crippen LogP contribution in [0.1, 0.15) is 51.9 Å². The summed E-state index contributed by atoms with van der Waals surface area (Å²) < 4.78 is 3.26. The van der Waals surface area contributed by atoms with Gasteiger partial charge in [-0.3, -0.25) is 0 Å². The van der Waals surface area contributed by atoms with Gasteiger partial charge in [0.2, 0.25) is 0 Å². The van der Waals surface area contributed by atoms with Gasteiger partial charge >= 0.3 is 0 Å². The van der Waals surface area contributed by atoms with Crippen LogP contribution in [0.4, 0.5) is 5.69 Å². The van der Waals surface area contributed by atoms with E-state index in [1.807, 2.05) is 0 Å². The molecule has 0 radical (unpaired) electrons. The van der Waals surface area contributed by atoms with Crippen molar-refractivity contribution in [1.29, 1.82) is 0 Å². The summed E-state index contributed by atoms with van der Waals surface area (Å²) in [5, 5.41) is 3.50. The van der Waals surface area contributed by atoms with E-state index in [0.29, 0.717) is 0 Å². The van der Waals surface area contributed by atoms with Crippen molar-refractivity contribution >= 4 is 53.5 Å². The molecule has 0 saturated heterocycles. The number of anilines is 1. The second-order valence-corrected chi connectivity index (χ2v) is 7.42. The zero-order valence-electron chi connectivity index (χ0n) is 11.4. The zero-order valence-corrected chi connectivity index (χ0v) is 16.2. The molecule has 1 aromatic rings. The van der Waals surface area contributed by atoms with E-state index < -0.39 is 0 Å². The summed E-state index contributed by atoms with van der Waals surface area (Å²) in [4.78, 5) is 0. The van der Waals surface area contributed by atoms with E-state index in [-0.39, 0.29) is 0 Å². The van der Waals surface area contributed by atoms with Gasteiger partial charge in [0.1, 0.15) is 0 Å². The van der Waals surface area contributed by atoms with E-state index in [9.17, 15) is 0 Å². The lowest BCUT2D eigenvalue weighted by molar-refractivity contribution is 0.596. The van der Waals surface area contributed by atoms with Gasteiger partial charge in [-0.25, -0.2) is 0 Å². The SMILES string of the molecule is CCCCCCCCCNc1c(Br)cc(Br)cc1Br. The summed E-state index contributed by atoms with van der Waals surface area (Å²) in [6.07, 6.45) is 9.42. The van der Waals surface area contributed by atoms with Crippen molar-refractivity contribution in [3.8, 4) is 0 Å². The normalized spacial score (nSPS) is 10.7. The Balaban J connectivity index is 2.19. The lowest BCUT2D eigenvalue weighted by Crippen LogP contribution is -2.03. The minimum Gasteiger partial charge on any atom is -0.383 e. The minimum atomic E-state index is 1.03. The van der Waals surface area contributed by atoms with Crippen LogP contribution in [-0.2, 0) is 0 Å². The molecule has 108 valence electrons. The molecule has 4 heteroatoms. The molecule has 0 unspecified atom stereocenters. The van der Waals surface area contributed by atoms with E-state index >= 15 is 0 Å². The van der Waals surface area contributed by atoms with Gasteiger partial charge in [-0.1, -0.05) is 61.4 Å². The van der Waals surface area contributed by atoms with E-state index in [1.54, 1.807) is 0 Å². The molecule has 0 amide bonds. The molecule has 0 aromatic heterocycles. The molecule has 0 bridgehead atoms. The molecule has 0 aliphatic heterocycles. The Morgan fingerprint density at radius 1 is 0.842 bits per heavy atom. The highest BCUT2D eigenvalue weighted by atomic mass is 79.9. The van der Waals surface area contributed by atoms with Gasteiger partial charge < -0.3 is 5.32 Å². The highest BCUT2D eigenvalue weighted by Gasteiger charge is 2.05. The zero-order chi connectivity index (χ0) is 14.1. The van der Waals surface area contributed by atoms with Crippen molar-refractivity contribution in [2.24, 2.45) is 0 Å². The Bertz CT molecular complexity index is 357. The topological polar surface area (TPSA) is 12.0 Å². The van der Waals surface area contributed by atoms with E-state index in [0.717, 1.165) is 25.7 Å². The fraction of sp³-hybridized carbons (Fsp3) is 0.600.